The van der Waals surface area contributed by atoms with Crippen molar-refractivity contribution in [2.75, 3.05) is 44.3 Å². The lowest BCUT2D eigenvalue weighted by Crippen LogP contribution is -2.39. The molecular formula is C27H35N3O2S. The van der Waals surface area contributed by atoms with Crippen molar-refractivity contribution in [3.63, 3.8) is 0 Å². The van der Waals surface area contributed by atoms with Crippen molar-refractivity contribution < 1.29 is 9.53 Å². The number of ether oxygens (including phenoxy) is 1. The third kappa shape index (κ3) is 5.45. The first-order chi connectivity index (χ1) is 15.7. The van der Waals surface area contributed by atoms with E-state index in [0.717, 1.165) is 54.6 Å². The summed E-state index contributed by atoms with van der Waals surface area (Å²) >= 11 is 1.61. The van der Waals surface area contributed by atoms with Crippen molar-refractivity contribution in [2.45, 2.75) is 46.5 Å². The molecule has 0 spiro atoms. The number of morpholine rings is 1. The molecule has 1 aromatic heterocycles. The van der Waals surface area contributed by atoms with E-state index < -0.39 is 0 Å². The van der Waals surface area contributed by atoms with Crippen LogP contribution in [0.15, 0.2) is 36.4 Å². The molecular weight excluding hydrogens is 430 g/mol. The minimum Gasteiger partial charge on any atom is -0.379 e. The number of aromatic nitrogens is 1. The summed E-state index contributed by atoms with van der Waals surface area (Å²) in [5, 5.41) is 0.783. The summed E-state index contributed by atoms with van der Waals surface area (Å²) in [4.78, 5) is 22.9. The van der Waals surface area contributed by atoms with E-state index in [0.29, 0.717) is 12.1 Å². The van der Waals surface area contributed by atoms with Gasteiger partial charge in [0.1, 0.15) is 0 Å². The number of fused-ring (bicyclic) bond motifs is 1. The van der Waals surface area contributed by atoms with Gasteiger partial charge in [0, 0.05) is 31.7 Å². The molecule has 33 heavy (non-hydrogen) atoms. The zero-order valence-corrected chi connectivity index (χ0v) is 21.3. The Morgan fingerprint density at radius 3 is 2.45 bits per heavy atom. The van der Waals surface area contributed by atoms with E-state index in [2.05, 4.69) is 63.8 Å². The second-order valence-corrected chi connectivity index (χ2v) is 11.0. The van der Waals surface area contributed by atoms with Gasteiger partial charge < -0.3 is 4.74 Å². The standard InChI is InChI=1S/C27H35N3O2S/c1-19-7-12-23-24(20(19)2)28-26(33-23)30(14-6-13-29-15-17-32-18-16-29)25(31)21-8-10-22(11-9-21)27(3,4)5/h7-12H,6,13-18H2,1-5H3. The maximum absolute atomic E-state index is 13.7. The normalized spacial score (nSPS) is 15.2. The lowest BCUT2D eigenvalue weighted by Gasteiger charge is -2.28. The summed E-state index contributed by atoms with van der Waals surface area (Å²) in [6.07, 6.45) is 0.903. The van der Waals surface area contributed by atoms with Gasteiger partial charge in [-0.15, -0.1) is 0 Å². The molecule has 0 saturated carbocycles. The summed E-state index contributed by atoms with van der Waals surface area (Å²) in [7, 11) is 0. The highest BCUT2D eigenvalue weighted by Crippen LogP contribution is 2.33. The van der Waals surface area contributed by atoms with Crippen molar-refractivity contribution in [1.29, 1.82) is 0 Å². The molecule has 3 aromatic rings. The van der Waals surface area contributed by atoms with Crippen LogP contribution in [0.3, 0.4) is 0 Å². The first-order valence-electron chi connectivity index (χ1n) is 11.8. The average Bonchev–Trinajstić information content (AvgIpc) is 3.24. The third-order valence-corrected chi connectivity index (χ3v) is 7.55. The minimum absolute atomic E-state index is 0.0193. The van der Waals surface area contributed by atoms with Crippen LogP contribution in [0.2, 0.25) is 0 Å². The number of benzene rings is 2. The first kappa shape index (κ1) is 23.9. The molecule has 2 heterocycles. The van der Waals surface area contributed by atoms with Crippen molar-refractivity contribution in [1.82, 2.24) is 9.88 Å². The minimum atomic E-state index is 0.0193. The molecule has 0 radical (unpaired) electrons. The monoisotopic (exact) mass is 465 g/mol. The van der Waals surface area contributed by atoms with Crippen LogP contribution in [0, 0.1) is 13.8 Å². The largest absolute Gasteiger partial charge is 0.379 e. The van der Waals surface area contributed by atoms with Crippen LogP contribution >= 0.6 is 11.3 Å². The number of aryl methyl sites for hydroxylation is 2. The average molecular weight is 466 g/mol. The van der Waals surface area contributed by atoms with Crippen molar-refractivity contribution in [3.8, 4) is 0 Å². The predicted molar refractivity (Wildman–Crippen MR) is 138 cm³/mol. The maximum Gasteiger partial charge on any atom is 0.260 e. The molecule has 5 nitrogen and oxygen atoms in total. The van der Waals surface area contributed by atoms with E-state index in [4.69, 9.17) is 9.72 Å². The summed E-state index contributed by atoms with van der Waals surface area (Å²) in [5.74, 6) is 0.0193. The fourth-order valence-electron chi connectivity index (χ4n) is 4.16. The Bertz CT molecular complexity index is 1110. The number of carbonyl (C=O) groups excluding carboxylic acids is 1. The Morgan fingerprint density at radius 1 is 1.09 bits per heavy atom. The third-order valence-electron chi connectivity index (χ3n) is 6.51. The van der Waals surface area contributed by atoms with E-state index in [1.807, 2.05) is 17.0 Å². The quantitative estimate of drug-likeness (QED) is 0.477. The van der Waals surface area contributed by atoms with Gasteiger partial charge in [-0.3, -0.25) is 14.6 Å². The molecule has 1 fully saturated rings. The molecule has 6 heteroatoms. The second-order valence-electron chi connectivity index (χ2n) is 9.94. The number of thiazole rings is 1. The summed E-state index contributed by atoms with van der Waals surface area (Å²) < 4.78 is 6.59. The highest BCUT2D eigenvalue weighted by Gasteiger charge is 2.23. The van der Waals surface area contributed by atoms with Gasteiger partial charge in [0.2, 0.25) is 0 Å². The van der Waals surface area contributed by atoms with E-state index in [1.165, 1.54) is 16.7 Å². The Kier molecular flexibility index (Phi) is 7.17. The molecule has 1 amide bonds. The van der Waals surface area contributed by atoms with Gasteiger partial charge in [-0.1, -0.05) is 50.3 Å². The smallest absolute Gasteiger partial charge is 0.260 e. The number of anilines is 1. The number of carbonyl (C=O) groups is 1. The van der Waals surface area contributed by atoms with Gasteiger partial charge in [-0.05, 0) is 60.6 Å². The first-order valence-corrected chi connectivity index (χ1v) is 12.6. The maximum atomic E-state index is 13.7. The highest BCUT2D eigenvalue weighted by atomic mass is 32.1. The number of hydrogen-bond acceptors (Lipinski definition) is 5. The fourth-order valence-corrected chi connectivity index (χ4v) is 5.21. The lowest BCUT2D eigenvalue weighted by molar-refractivity contribution is 0.0376. The van der Waals surface area contributed by atoms with E-state index in [9.17, 15) is 4.79 Å². The highest BCUT2D eigenvalue weighted by molar-refractivity contribution is 7.22. The van der Waals surface area contributed by atoms with Crippen LogP contribution in [0.1, 0.15) is 54.2 Å². The topological polar surface area (TPSA) is 45.7 Å². The van der Waals surface area contributed by atoms with Crippen LogP contribution < -0.4 is 4.90 Å². The Labute approximate surface area is 201 Å². The number of nitrogens with zero attached hydrogens (tertiary/aromatic N) is 3. The van der Waals surface area contributed by atoms with Gasteiger partial charge >= 0.3 is 0 Å². The Balaban J connectivity index is 1.60. The van der Waals surface area contributed by atoms with Crippen LogP contribution in [-0.2, 0) is 10.2 Å². The van der Waals surface area contributed by atoms with Gasteiger partial charge in [0.25, 0.3) is 5.91 Å². The molecule has 1 aliphatic rings. The molecule has 0 bridgehead atoms. The van der Waals surface area contributed by atoms with E-state index in [-0.39, 0.29) is 11.3 Å². The number of hydrogen-bond donors (Lipinski definition) is 0. The summed E-state index contributed by atoms with van der Waals surface area (Å²) in [6.45, 7) is 15.9. The molecule has 0 unspecified atom stereocenters. The SMILES string of the molecule is Cc1ccc2sc(N(CCCN3CCOCC3)C(=O)c3ccc(C(C)(C)C)cc3)nc2c1C. The second kappa shape index (κ2) is 9.92. The molecule has 2 aromatic carbocycles. The zero-order chi connectivity index (χ0) is 23.6. The van der Waals surface area contributed by atoms with E-state index in [1.54, 1.807) is 11.3 Å². The van der Waals surface area contributed by atoms with Crippen molar-refractivity contribution >= 4 is 32.6 Å². The van der Waals surface area contributed by atoms with Crippen molar-refractivity contribution in [2.24, 2.45) is 0 Å². The summed E-state index contributed by atoms with van der Waals surface area (Å²) in [5.41, 5.74) is 5.41. The Morgan fingerprint density at radius 2 is 1.79 bits per heavy atom. The van der Waals surface area contributed by atoms with Gasteiger partial charge in [0.05, 0.1) is 23.4 Å². The zero-order valence-electron chi connectivity index (χ0n) is 20.5. The molecule has 0 atom stereocenters. The molecule has 0 N–H and O–H groups in total. The lowest BCUT2D eigenvalue weighted by atomic mass is 9.86. The molecule has 4 rings (SSSR count). The van der Waals surface area contributed by atoms with Crippen LogP contribution in [0.5, 0.6) is 0 Å². The van der Waals surface area contributed by atoms with Gasteiger partial charge in [-0.2, -0.15) is 0 Å². The van der Waals surface area contributed by atoms with Crippen molar-refractivity contribution in [3.05, 3.63) is 58.7 Å². The molecule has 1 saturated heterocycles. The van der Waals surface area contributed by atoms with Crippen LogP contribution in [-0.4, -0.2) is 55.2 Å². The fraction of sp³-hybridized carbons (Fsp3) is 0.481. The molecule has 0 aliphatic carbocycles. The predicted octanol–water partition coefficient (Wildman–Crippen LogP) is 5.58. The van der Waals surface area contributed by atoms with E-state index >= 15 is 0 Å². The van der Waals surface area contributed by atoms with Gasteiger partial charge in [-0.25, -0.2) is 4.98 Å². The van der Waals surface area contributed by atoms with Gasteiger partial charge in [0.15, 0.2) is 5.13 Å². The number of rotatable bonds is 6. The van der Waals surface area contributed by atoms with Crippen LogP contribution in [0.25, 0.3) is 10.2 Å². The number of amides is 1. The Hall–Kier alpha value is -2.28. The molecule has 1 aliphatic heterocycles. The molecule has 176 valence electrons. The summed E-state index contributed by atoms with van der Waals surface area (Å²) in [6, 6.07) is 12.3. The van der Waals surface area contributed by atoms with Crippen LogP contribution in [0.4, 0.5) is 5.13 Å².